The molecule has 1 aliphatic rings. The van der Waals surface area contributed by atoms with Gasteiger partial charge in [0, 0.05) is 18.1 Å². The molecule has 0 saturated carbocycles. The van der Waals surface area contributed by atoms with E-state index in [4.69, 9.17) is 0 Å². The molecule has 2 rings (SSSR count). The zero-order chi connectivity index (χ0) is 6.81. The Morgan fingerprint density at radius 3 is 2.80 bits per heavy atom. The molecule has 0 saturated heterocycles. The Kier molecular flexibility index (Phi) is 1.51. The molecule has 1 aliphatic heterocycles. The molecule has 0 spiro atoms. The van der Waals surface area contributed by atoms with Gasteiger partial charge in [-0.1, -0.05) is 11.8 Å². The highest BCUT2D eigenvalue weighted by atomic mass is 32.2. The minimum Gasteiger partial charge on any atom is -0.304 e. The summed E-state index contributed by atoms with van der Waals surface area (Å²) in [7, 11) is 0. The van der Waals surface area contributed by atoms with E-state index >= 15 is 0 Å². The lowest BCUT2D eigenvalue weighted by Gasteiger charge is -1.97. The highest BCUT2D eigenvalue weighted by Crippen LogP contribution is 2.13. The molecule has 0 aromatic carbocycles. The third-order valence-corrected chi connectivity index (χ3v) is 2.38. The fourth-order valence-electron chi connectivity index (χ4n) is 0.942. The molecule has 52 valence electrons. The smallest absolute Gasteiger partial charge is 0.167 e. The average Bonchev–Trinajstić information content (AvgIpc) is 2.59. The van der Waals surface area contributed by atoms with Gasteiger partial charge in [-0.15, -0.1) is 0 Å². The molecule has 10 heavy (non-hydrogen) atoms. The minimum atomic E-state index is 0.970. The van der Waals surface area contributed by atoms with Gasteiger partial charge in [0.2, 0.25) is 0 Å². The number of thioether (sulfide) groups is 1. The van der Waals surface area contributed by atoms with Gasteiger partial charge in [-0.3, -0.25) is 4.99 Å². The first-order valence-corrected chi connectivity index (χ1v) is 4.26. The van der Waals surface area contributed by atoms with Crippen LogP contribution in [0.25, 0.3) is 0 Å². The third-order valence-electron chi connectivity index (χ3n) is 1.39. The van der Waals surface area contributed by atoms with Crippen molar-refractivity contribution in [3.63, 3.8) is 0 Å². The molecular weight excluding hydrogens is 144 g/mol. The molecule has 0 aliphatic carbocycles. The maximum absolute atomic E-state index is 4.32. The van der Waals surface area contributed by atoms with Crippen LogP contribution in [0, 0.1) is 0 Å². The van der Waals surface area contributed by atoms with Crippen molar-refractivity contribution < 1.29 is 0 Å². The first-order valence-electron chi connectivity index (χ1n) is 3.27. The highest BCUT2D eigenvalue weighted by molar-refractivity contribution is 8.14. The minimum absolute atomic E-state index is 0.970. The molecular formula is C7H8N2S. The van der Waals surface area contributed by atoms with E-state index in [1.165, 1.54) is 0 Å². The highest BCUT2D eigenvalue weighted by Gasteiger charge is 2.06. The topological polar surface area (TPSA) is 17.3 Å². The van der Waals surface area contributed by atoms with E-state index in [1.54, 1.807) is 0 Å². The van der Waals surface area contributed by atoms with Crippen LogP contribution >= 0.6 is 11.8 Å². The van der Waals surface area contributed by atoms with Gasteiger partial charge in [0.25, 0.3) is 0 Å². The van der Waals surface area contributed by atoms with E-state index in [2.05, 4.69) is 9.56 Å². The molecule has 0 amide bonds. The fraction of sp³-hybridized carbons (Fsp3) is 0.286. The van der Waals surface area contributed by atoms with E-state index in [0.29, 0.717) is 0 Å². The van der Waals surface area contributed by atoms with Gasteiger partial charge in [0.15, 0.2) is 5.17 Å². The Morgan fingerprint density at radius 2 is 2.20 bits per heavy atom. The summed E-state index contributed by atoms with van der Waals surface area (Å²) < 4.78 is 2.05. The predicted octanol–water partition coefficient (Wildman–Crippen LogP) is 1.44. The summed E-state index contributed by atoms with van der Waals surface area (Å²) in [6.45, 7) is 0.970. The van der Waals surface area contributed by atoms with Crippen molar-refractivity contribution in [3.8, 4) is 0 Å². The van der Waals surface area contributed by atoms with Crippen LogP contribution in [0.5, 0.6) is 0 Å². The first-order chi connectivity index (χ1) is 4.97. The van der Waals surface area contributed by atoms with Crippen LogP contribution in [-0.4, -0.2) is 22.0 Å². The molecule has 0 fully saturated rings. The third kappa shape index (κ3) is 0.968. The summed E-state index contributed by atoms with van der Waals surface area (Å²) >= 11 is 1.81. The summed E-state index contributed by atoms with van der Waals surface area (Å²) in [6, 6.07) is 4.03. The van der Waals surface area contributed by atoms with Gasteiger partial charge in [0.05, 0.1) is 6.54 Å². The zero-order valence-corrected chi connectivity index (χ0v) is 6.34. The molecule has 3 heteroatoms. The number of nitrogens with zero attached hydrogens (tertiary/aromatic N) is 2. The standard InChI is InChI=1S/C7H8N2S/c1-2-5-9(4-1)7-8-3-6-10-7/h1-2,4-5H,3,6H2. The van der Waals surface area contributed by atoms with Crippen molar-refractivity contribution in [2.24, 2.45) is 4.99 Å². The van der Waals surface area contributed by atoms with Gasteiger partial charge in [-0.2, -0.15) is 0 Å². The SMILES string of the molecule is c1ccn(C2=NCCS2)c1. The van der Waals surface area contributed by atoms with E-state index in [0.717, 1.165) is 17.5 Å². The van der Waals surface area contributed by atoms with Gasteiger partial charge in [-0.05, 0) is 12.1 Å². The van der Waals surface area contributed by atoms with Crippen LogP contribution in [0.3, 0.4) is 0 Å². The van der Waals surface area contributed by atoms with Gasteiger partial charge in [-0.25, -0.2) is 0 Å². The summed E-state index contributed by atoms with van der Waals surface area (Å²) in [4.78, 5) is 4.32. The largest absolute Gasteiger partial charge is 0.304 e. The summed E-state index contributed by atoms with van der Waals surface area (Å²) in [6.07, 6.45) is 4.05. The normalized spacial score (nSPS) is 17.4. The second-order valence-electron chi connectivity index (χ2n) is 2.10. The Labute approximate surface area is 64.0 Å². The van der Waals surface area contributed by atoms with E-state index in [1.807, 2.05) is 36.3 Å². The van der Waals surface area contributed by atoms with E-state index in [9.17, 15) is 0 Å². The second-order valence-corrected chi connectivity index (χ2v) is 3.17. The number of hydrogen-bond acceptors (Lipinski definition) is 2. The van der Waals surface area contributed by atoms with Crippen molar-refractivity contribution in [1.82, 2.24) is 4.57 Å². The van der Waals surface area contributed by atoms with Gasteiger partial charge >= 0.3 is 0 Å². The predicted molar refractivity (Wildman–Crippen MR) is 44.6 cm³/mol. The van der Waals surface area contributed by atoms with Crippen molar-refractivity contribution in [2.75, 3.05) is 12.3 Å². The zero-order valence-electron chi connectivity index (χ0n) is 5.53. The average molecular weight is 152 g/mol. The van der Waals surface area contributed by atoms with E-state index < -0.39 is 0 Å². The van der Waals surface area contributed by atoms with Crippen LogP contribution in [0.2, 0.25) is 0 Å². The molecule has 0 radical (unpaired) electrons. The monoisotopic (exact) mass is 152 g/mol. The maximum atomic E-state index is 4.32. The fourth-order valence-corrected chi connectivity index (χ4v) is 1.76. The first kappa shape index (κ1) is 6.04. The Hall–Kier alpha value is -0.700. The molecule has 2 nitrogen and oxygen atoms in total. The number of rotatable bonds is 0. The second kappa shape index (κ2) is 2.50. The van der Waals surface area contributed by atoms with Gasteiger partial charge in [0.1, 0.15) is 0 Å². The number of aliphatic imine (C=N–C) groups is 1. The van der Waals surface area contributed by atoms with E-state index in [-0.39, 0.29) is 0 Å². The van der Waals surface area contributed by atoms with Crippen molar-refractivity contribution in [3.05, 3.63) is 24.5 Å². The van der Waals surface area contributed by atoms with Crippen LogP contribution < -0.4 is 0 Å². The molecule has 0 atom stereocenters. The molecule has 0 bridgehead atoms. The Morgan fingerprint density at radius 1 is 1.40 bits per heavy atom. The lowest BCUT2D eigenvalue weighted by molar-refractivity contribution is 1.12. The Bertz CT molecular complexity index is 238. The maximum Gasteiger partial charge on any atom is 0.167 e. The van der Waals surface area contributed by atoms with Crippen LogP contribution in [0.4, 0.5) is 0 Å². The van der Waals surface area contributed by atoms with Crippen molar-refractivity contribution in [1.29, 1.82) is 0 Å². The lowest BCUT2D eigenvalue weighted by Crippen LogP contribution is -2.00. The van der Waals surface area contributed by atoms with Crippen LogP contribution in [-0.2, 0) is 0 Å². The van der Waals surface area contributed by atoms with Crippen molar-refractivity contribution in [2.45, 2.75) is 0 Å². The number of aromatic nitrogens is 1. The number of hydrogen-bond donors (Lipinski definition) is 0. The molecule has 0 N–H and O–H groups in total. The summed E-state index contributed by atoms with van der Waals surface area (Å²) in [5.41, 5.74) is 0. The Balaban J connectivity index is 2.28. The van der Waals surface area contributed by atoms with Crippen molar-refractivity contribution >= 4 is 16.9 Å². The molecule has 1 aromatic rings. The summed E-state index contributed by atoms with van der Waals surface area (Å²) in [5, 5.41) is 1.13. The van der Waals surface area contributed by atoms with Gasteiger partial charge < -0.3 is 4.57 Å². The quantitative estimate of drug-likeness (QED) is 0.550. The summed E-state index contributed by atoms with van der Waals surface area (Å²) in [5.74, 6) is 1.13. The lowest BCUT2D eigenvalue weighted by atomic mass is 10.7. The van der Waals surface area contributed by atoms with Crippen LogP contribution in [0.15, 0.2) is 29.5 Å². The molecule has 2 heterocycles. The molecule has 1 aromatic heterocycles. The molecule has 0 unspecified atom stereocenters. The van der Waals surface area contributed by atoms with Crippen LogP contribution in [0.1, 0.15) is 0 Å².